The lowest BCUT2D eigenvalue weighted by atomic mass is 9.84. The molecule has 4 nitrogen and oxygen atoms in total. The van der Waals surface area contributed by atoms with E-state index in [0.717, 1.165) is 5.57 Å². The van der Waals surface area contributed by atoms with Crippen LogP contribution in [0.15, 0.2) is 41.7 Å². The summed E-state index contributed by atoms with van der Waals surface area (Å²) in [5.74, 6) is -0.574. The van der Waals surface area contributed by atoms with Crippen molar-refractivity contribution in [2.75, 3.05) is 0 Å². The minimum atomic E-state index is -0.537. The van der Waals surface area contributed by atoms with E-state index < -0.39 is 17.7 Å². The van der Waals surface area contributed by atoms with Gasteiger partial charge in [-0.15, -0.1) is 0 Å². The fourth-order valence-electron chi connectivity index (χ4n) is 3.34. The van der Waals surface area contributed by atoms with Crippen molar-refractivity contribution in [1.29, 1.82) is 0 Å². The van der Waals surface area contributed by atoms with Gasteiger partial charge in [0.1, 0.15) is 17.3 Å². The molecule has 0 amide bonds. The van der Waals surface area contributed by atoms with Crippen LogP contribution in [0.3, 0.4) is 0 Å². The van der Waals surface area contributed by atoms with Crippen molar-refractivity contribution in [3.63, 3.8) is 0 Å². The van der Waals surface area contributed by atoms with E-state index in [-0.39, 0.29) is 23.0 Å². The van der Waals surface area contributed by atoms with E-state index in [2.05, 4.69) is 0 Å². The first-order chi connectivity index (χ1) is 12.4. The zero-order valence-corrected chi connectivity index (χ0v) is 14.8. The molecule has 2 aliphatic rings. The van der Waals surface area contributed by atoms with Crippen LogP contribution in [0.2, 0.25) is 5.02 Å². The molecule has 0 fully saturated rings. The van der Waals surface area contributed by atoms with Crippen LogP contribution < -0.4 is 9.47 Å². The minimum Gasteiger partial charge on any atom is -0.452 e. The van der Waals surface area contributed by atoms with Crippen molar-refractivity contribution in [2.24, 2.45) is 0 Å². The number of Topliss-reactive ketones (excluding diaryl/α,β-unsaturated/α-hetero) is 1. The van der Waals surface area contributed by atoms with E-state index in [0.29, 0.717) is 28.2 Å². The van der Waals surface area contributed by atoms with Crippen molar-refractivity contribution < 1.29 is 23.5 Å². The van der Waals surface area contributed by atoms with Crippen molar-refractivity contribution in [1.82, 2.24) is 0 Å². The molecule has 6 heteroatoms. The number of benzene rings is 2. The van der Waals surface area contributed by atoms with E-state index >= 15 is 0 Å². The number of rotatable bonds is 1. The number of allylic oxidation sites excluding steroid dienone is 2. The summed E-state index contributed by atoms with van der Waals surface area (Å²) in [6, 6.07) is 7.51. The summed E-state index contributed by atoms with van der Waals surface area (Å²) in [7, 11) is 0. The largest absolute Gasteiger partial charge is 0.452 e. The van der Waals surface area contributed by atoms with Crippen LogP contribution in [0.1, 0.15) is 47.7 Å². The molecule has 2 aromatic rings. The van der Waals surface area contributed by atoms with Crippen LogP contribution in [0.25, 0.3) is 0 Å². The Morgan fingerprint density at radius 2 is 1.92 bits per heavy atom. The van der Waals surface area contributed by atoms with E-state index in [1.807, 2.05) is 0 Å². The average Bonchev–Trinajstić information content (AvgIpc) is 2.93. The quantitative estimate of drug-likeness (QED) is 0.410. The van der Waals surface area contributed by atoms with Gasteiger partial charge in [0, 0.05) is 11.5 Å². The Bertz CT molecular complexity index is 1010. The maximum Gasteiger partial charge on any atom is 0.312 e. The lowest BCUT2D eigenvalue weighted by Crippen LogP contribution is -2.21. The van der Waals surface area contributed by atoms with Gasteiger partial charge in [-0.1, -0.05) is 17.7 Å². The predicted octanol–water partition coefficient (Wildman–Crippen LogP) is 4.79. The SMILES string of the molecule is CC(C)=C1Oc2c(ccc3c2[C@@H](c2ccc(F)c(Cl)c2)CC(=O)O3)C1=O. The van der Waals surface area contributed by atoms with Crippen LogP contribution in [-0.4, -0.2) is 11.8 Å². The Morgan fingerprint density at radius 3 is 2.62 bits per heavy atom. The Balaban J connectivity index is 1.92. The molecule has 0 spiro atoms. The van der Waals surface area contributed by atoms with E-state index in [1.54, 1.807) is 32.0 Å². The summed E-state index contributed by atoms with van der Waals surface area (Å²) in [6.45, 7) is 3.59. The lowest BCUT2D eigenvalue weighted by Gasteiger charge is -2.26. The number of fused-ring (bicyclic) bond motifs is 3. The van der Waals surface area contributed by atoms with Gasteiger partial charge in [0.15, 0.2) is 5.76 Å². The van der Waals surface area contributed by atoms with Crippen molar-refractivity contribution >= 4 is 23.4 Å². The van der Waals surface area contributed by atoms with Gasteiger partial charge in [0.05, 0.1) is 17.0 Å². The predicted molar refractivity (Wildman–Crippen MR) is 93.3 cm³/mol. The Morgan fingerprint density at radius 1 is 1.15 bits per heavy atom. The fraction of sp³-hybridized carbons (Fsp3) is 0.200. The van der Waals surface area contributed by atoms with Gasteiger partial charge in [0.25, 0.3) is 0 Å². The molecule has 1 atom stereocenters. The fourth-order valence-corrected chi connectivity index (χ4v) is 3.52. The lowest BCUT2D eigenvalue weighted by molar-refractivity contribution is -0.135. The summed E-state index contributed by atoms with van der Waals surface area (Å²) < 4.78 is 24.7. The number of carbonyl (C=O) groups is 2. The second kappa shape index (κ2) is 5.95. The summed E-state index contributed by atoms with van der Waals surface area (Å²) in [6.07, 6.45) is 0.0487. The normalized spacial score (nSPS) is 18.2. The molecular formula is C20H14ClFO4. The van der Waals surface area contributed by atoms with Gasteiger partial charge in [-0.2, -0.15) is 0 Å². The van der Waals surface area contributed by atoms with Gasteiger partial charge < -0.3 is 9.47 Å². The first-order valence-corrected chi connectivity index (χ1v) is 8.47. The molecule has 2 heterocycles. The van der Waals surface area contributed by atoms with Crippen molar-refractivity contribution in [3.05, 3.63) is 69.2 Å². The summed E-state index contributed by atoms with van der Waals surface area (Å²) >= 11 is 5.92. The van der Waals surface area contributed by atoms with E-state index in [4.69, 9.17) is 21.1 Å². The van der Waals surface area contributed by atoms with Crippen LogP contribution in [0.5, 0.6) is 11.5 Å². The van der Waals surface area contributed by atoms with Crippen LogP contribution in [0, 0.1) is 5.82 Å². The second-order valence-corrected chi connectivity index (χ2v) is 6.93. The highest BCUT2D eigenvalue weighted by molar-refractivity contribution is 6.30. The third-order valence-corrected chi connectivity index (χ3v) is 4.84. The zero-order chi connectivity index (χ0) is 18.6. The molecule has 0 unspecified atom stereocenters. The number of ether oxygens (including phenoxy) is 2. The number of halogens is 2. The van der Waals surface area contributed by atoms with E-state index in [9.17, 15) is 14.0 Å². The van der Waals surface area contributed by atoms with Gasteiger partial charge in [-0.25, -0.2) is 4.39 Å². The molecule has 0 bridgehead atoms. The monoisotopic (exact) mass is 372 g/mol. The van der Waals surface area contributed by atoms with Gasteiger partial charge in [0.2, 0.25) is 5.78 Å². The third kappa shape index (κ3) is 2.51. The van der Waals surface area contributed by atoms with Gasteiger partial charge in [-0.3, -0.25) is 9.59 Å². The molecule has 0 aromatic heterocycles. The average molecular weight is 373 g/mol. The summed E-state index contributed by atoms with van der Waals surface area (Å²) in [5.41, 5.74) is 2.45. The number of hydrogen-bond donors (Lipinski definition) is 0. The molecule has 2 aromatic carbocycles. The topological polar surface area (TPSA) is 52.6 Å². The van der Waals surface area contributed by atoms with E-state index in [1.165, 1.54) is 12.1 Å². The highest BCUT2D eigenvalue weighted by Gasteiger charge is 2.38. The number of hydrogen-bond acceptors (Lipinski definition) is 4. The molecule has 132 valence electrons. The standard InChI is InChI=1S/C20H14ClFO4/c1-9(2)19-18(24)11-4-6-15-17(20(11)26-19)12(8-16(23)25-15)10-3-5-14(22)13(21)7-10/h3-7,12H,8H2,1-2H3/t12-/m1/s1. The number of ketones is 1. The van der Waals surface area contributed by atoms with Crippen LogP contribution in [0.4, 0.5) is 4.39 Å². The first-order valence-electron chi connectivity index (χ1n) is 8.09. The highest BCUT2D eigenvalue weighted by Crippen LogP contribution is 2.49. The molecule has 0 N–H and O–H groups in total. The molecule has 0 aliphatic carbocycles. The molecule has 0 saturated carbocycles. The molecule has 4 rings (SSSR count). The minimum absolute atomic E-state index is 0.0300. The van der Waals surface area contributed by atoms with Gasteiger partial charge in [-0.05, 0) is 49.2 Å². The Hall–Kier alpha value is -2.66. The zero-order valence-electron chi connectivity index (χ0n) is 14.1. The smallest absolute Gasteiger partial charge is 0.312 e. The number of esters is 1. The van der Waals surface area contributed by atoms with Crippen LogP contribution >= 0.6 is 11.6 Å². The maximum absolute atomic E-state index is 13.6. The Kier molecular flexibility index (Phi) is 3.84. The highest BCUT2D eigenvalue weighted by atomic mass is 35.5. The van der Waals surface area contributed by atoms with Crippen LogP contribution in [-0.2, 0) is 4.79 Å². The van der Waals surface area contributed by atoms with Gasteiger partial charge >= 0.3 is 5.97 Å². The summed E-state index contributed by atoms with van der Waals surface area (Å²) in [4.78, 5) is 24.6. The Labute approximate surface area is 154 Å². The van der Waals surface area contributed by atoms with Crippen molar-refractivity contribution in [3.8, 4) is 11.5 Å². The first kappa shape index (κ1) is 16.8. The summed E-state index contributed by atoms with van der Waals surface area (Å²) in [5, 5.41) is -0.0300. The second-order valence-electron chi connectivity index (χ2n) is 6.52. The third-order valence-electron chi connectivity index (χ3n) is 4.55. The molecule has 2 aliphatic heterocycles. The molecule has 26 heavy (non-hydrogen) atoms. The number of carbonyl (C=O) groups excluding carboxylic acids is 2. The molecule has 0 saturated heterocycles. The molecular weight excluding hydrogens is 359 g/mol. The molecule has 0 radical (unpaired) electrons. The van der Waals surface area contributed by atoms with Crippen molar-refractivity contribution in [2.45, 2.75) is 26.2 Å². The maximum atomic E-state index is 13.6.